The number of benzene rings is 1. The molecule has 0 atom stereocenters. The van der Waals surface area contributed by atoms with Gasteiger partial charge in [-0.2, -0.15) is 5.26 Å². The third-order valence-corrected chi connectivity index (χ3v) is 4.21. The molecule has 0 unspecified atom stereocenters. The molecule has 0 radical (unpaired) electrons. The summed E-state index contributed by atoms with van der Waals surface area (Å²) in [4.78, 5) is 26.1. The van der Waals surface area contributed by atoms with Gasteiger partial charge in [-0.3, -0.25) is 4.79 Å². The molecule has 122 valence electrons. The fraction of sp³-hybridized carbons (Fsp3) is 0.235. The van der Waals surface area contributed by atoms with Crippen molar-refractivity contribution in [3.63, 3.8) is 0 Å². The number of anilines is 1. The van der Waals surface area contributed by atoms with Gasteiger partial charge in [0.05, 0.1) is 18.4 Å². The van der Waals surface area contributed by atoms with Gasteiger partial charge in [-0.15, -0.1) is 0 Å². The third-order valence-electron chi connectivity index (χ3n) is 4.21. The number of fused-ring (bicyclic) bond motifs is 1. The third kappa shape index (κ3) is 2.29. The van der Waals surface area contributed by atoms with Gasteiger partial charge in [0.25, 0.3) is 5.91 Å². The molecule has 1 aromatic carbocycles. The summed E-state index contributed by atoms with van der Waals surface area (Å²) < 4.78 is 6.25. The van der Waals surface area contributed by atoms with Gasteiger partial charge in [-0.05, 0) is 24.1 Å². The summed E-state index contributed by atoms with van der Waals surface area (Å²) in [6.07, 6.45) is 2.25. The van der Waals surface area contributed by atoms with E-state index < -0.39 is 5.97 Å². The molecule has 24 heavy (non-hydrogen) atoms. The molecule has 2 aromatic rings. The molecule has 1 aliphatic heterocycles. The van der Waals surface area contributed by atoms with E-state index in [-0.39, 0.29) is 22.9 Å². The van der Waals surface area contributed by atoms with Crippen LogP contribution >= 0.6 is 0 Å². The van der Waals surface area contributed by atoms with E-state index in [9.17, 15) is 14.9 Å². The lowest BCUT2D eigenvalue weighted by Gasteiger charge is -2.25. The number of rotatable bonds is 2. The van der Waals surface area contributed by atoms with Crippen molar-refractivity contribution in [3.05, 3.63) is 46.8 Å². The lowest BCUT2D eigenvalue weighted by atomic mass is 9.98. The summed E-state index contributed by atoms with van der Waals surface area (Å²) in [6.45, 7) is 0.674. The van der Waals surface area contributed by atoms with Crippen LogP contribution in [0.5, 0.6) is 0 Å². The Bertz CT molecular complexity index is 892. The second kappa shape index (κ2) is 5.74. The molecule has 0 fully saturated rings. The Morgan fingerprint density at radius 3 is 2.83 bits per heavy atom. The van der Waals surface area contributed by atoms with E-state index in [1.807, 2.05) is 12.1 Å². The number of likely N-dealkylation sites (N-methyl/N-ethyl adjacent to an activating group) is 1. The van der Waals surface area contributed by atoms with Crippen molar-refractivity contribution in [2.45, 2.75) is 6.42 Å². The number of hydrogen-bond acceptors (Lipinski definition) is 5. The summed E-state index contributed by atoms with van der Waals surface area (Å²) in [7, 11) is 3.00. The summed E-state index contributed by atoms with van der Waals surface area (Å²) in [6, 6.07) is 7.32. The molecule has 1 amide bonds. The number of esters is 1. The van der Waals surface area contributed by atoms with Crippen LogP contribution in [0.2, 0.25) is 0 Å². The first-order valence-electron chi connectivity index (χ1n) is 7.36. The van der Waals surface area contributed by atoms with Crippen LogP contribution in [0.4, 0.5) is 5.69 Å². The molecule has 3 rings (SSSR count). The van der Waals surface area contributed by atoms with Crippen LogP contribution in [0.1, 0.15) is 32.0 Å². The Morgan fingerprint density at radius 2 is 2.17 bits per heavy atom. The molecular weight excluding hydrogens is 308 g/mol. The van der Waals surface area contributed by atoms with E-state index in [2.05, 4.69) is 0 Å². The van der Waals surface area contributed by atoms with Crippen molar-refractivity contribution in [2.75, 3.05) is 26.4 Å². The fourth-order valence-electron chi connectivity index (χ4n) is 2.84. The second-order valence-electron chi connectivity index (χ2n) is 5.60. The summed E-state index contributed by atoms with van der Waals surface area (Å²) in [5.41, 5.74) is 8.33. The van der Waals surface area contributed by atoms with Gasteiger partial charge in [-0.1, -0.05) is 6.07 Å². The smallest absolute Gasteiger partial charge is 0.357 e. The number of carbonyl (C=O) groups excluding carboxylic acids is 2. The zero-order valence-corrected chi connectivity index (χ0v) is 13.4. The van der Waals surface area contributed by atoms with Gasteiger partial charge in [0.1, 0.15) is 6.07 Å². The molecule has 0 bridgehead atoms. The zero-order chi connectivity index (χ0) is 17.4. The number of amides is 1. The number of methoxy groups -OCH3 is 1. The Labute approximate surface area is 138 Å². The minimum absolute atomic E-state index is 0.0607. The number of nitrogen functional groups attached to an aromatic ring is 1. The summed E-state index contributed by atoms with van der Waals surface area (Å²) >= 11 is 0. The molecule has 0 aliphatic carbocycles. The molecular formula is C17H16N4O3. The molecule has 0 spiro atoms. The average molecular weight is 324 g/mol. The predicted molar refractivity (Wildman–Crippen MR) is 86.9 cm³/mol. The highest BCUT2D eigenvalue weighted by Gasteiger charge is 2.25. The standard InChI is InChI=1S/C17H16N4O3/c1-20-6-5-10-3-4-12(7-13(10)16(20)22)21-9-11(8-18)14(19)15(21)17(23)24-2/h3-4,7,9H,5-6,19H2,1-2H3. The fourth-order valence-corrected chi connectivity index (χ4v) is 2.84. The van der Waals surface area contributed by atoms with Crippen molar-refractivity contribution in [3.8, 4) is 11.8 Å². The maximum atomic E-state index is 12.4. The highest BCUT2D eigenvalue weighted by molar-refractivity contribution is 5.98. The summed E-state index contributed by atoms with van der Waals surface area (Å²) in [5, 5.41) is 9.17. The molecule has 1 aromatic heterocycles. The van der Waals surface area contributed by atoms with Crippen LogP contribution in [0.15, 0.2) is 24.4 Å². The van der Waals surface area contributed by atoms with Crippen LogP contribution in [-0.2, 0) is 11.2 Å². The van der Waals surface area contributed by atoms with Crippen molar-refractivity contribution in [2.24, 2.45) is 0 Å². The summed E-state index contributed by atoms with van der Waals surface area (Å²) in [5.74, 6) is -0.714. The molecule has 0 saturated heterocycles. The van der Waals surface area contributed by atoms with E-state index in [0.717, 1.165) is 12.0 Å². The van der Waals surface area contributed by atoms with E-state index in [1.54, 1.807) is 24.1 Å². The normalized spacial score (nSPS) is 13.4. The van der Waals surface area contributed by atoms with Gasteiger partial charge < -0.3 is 19.9 Å². The highest BCUT2D eigenvalue weighted by Crippen LogP contribution is 2.27. The zero-order valence-electron chi connectivity index (χ0n) is 13.4. The van der Waals surface area contributed by atoms with E-state index >= 15 is 0 Å². The minimum atomic E-state index is -0.643. The topological polar surface area (TPSA) is 101 Å². The lowest BCUT2D eigenvalue weighted by Crippen LogP contribution is -2.34. The predicted octanol–water partition coefficient (Wildman–Crippen LogP) is 1.35. The number of nitrogens with two attached hydrogens (primary N) is 1. The van der Waals surface area contributed by atoms with Crippen LogP contribution in [0.25, 0.3) is 5.69 Å². The number of nitrogens with zero attached hydrogens (tertiary/aromatic N) is 3. The first-order valence-corrected chi connectivity index (χ1v) is 7.36. The Morgan fingerprint density at radius 1 is 1.42 bits per heavy atom. The SMILES string of the molecule is COC(=O)c1c(N)c(C#N)cn1-c1ccc2c(c1)C(=O)N(C)CC2. The van der Waals surface area contributed by atoms with Crippen molar-refractivity contribution >= 4 is 17.6 Å². The van der Waals surface area contributed by atoms with Crippen LogP contribution in [0.3, 0.4) is 0 Å². The Balaban J connectivity index is 2.19. The van der Waals surface area contributed by atoms with Crippen molar-refractivity contribution in [1.82, 2.24) is 9.47 Å². The van der Waals surface area contributed by atoms with Gasteiger partial charge in [0.2, 0.25) is 0 Å². The lowest BCUT2D eigenvalue weighted by molar-refractivity contribution is 0.0592. The molecule has 0 saturated carbocycles. The number of nitriles is 1. The molecule has 7 nitrogen and oxygen atoms in total. The Hall–Kier alpha value is -3.27. The number of ether oxygens (including phenoxy) is 1. The highest BCUT2D eigenvalue weighted by atomic mass is 16.5. The maximum absolute atomic E-state index is 12.4. The number of hydrogen-bond donors (Lipinski definition) is 1. The van der Waals surface area contributed by atoms with Crippen molar-refractivity contribution < 1.29 is 14.3 Å². The average Bonchev–Trinajstić information content (AvgIpc) is 2.94. The minimum Gasteiger partial charge on any atom is -0.464 e. The number of aromatic nitrogens is 1. The van der Waals surface area contributed by atoms with E-state index in [0.29, 0.717) is 17.8 Å². The Kier molecular flexibility index (Phi) is 3.73. The molecule has 1 aliphatic rings. The van der Waals surface area contributed by atoms with Crippen LogP contribution < -0.4 is 5.73 Å². The van der Waals surface area contributed by atoms with E-state index in [4.69, 9.17) is 10.5 Å². The monoisotopic (exact) mass is 324 g/mol. The van der Waals surface area contributed by atoms with Gasteiger partial charge in [0.15, 0.2) is 5.69 Å². The van der Waals surface area contributed by atoms with Crippen LogP contribution in [0, 0.1) is 11.3 Å². The largest absolute Gasteiger partial charge is 0.464 e. The van der Waals surface area contributed by atoms with Gasteiger partial charge in [0, 0.05) is 31.0 Å². The first kappa shape index (κ1) is 15.6. The molecule has 7 heteroatoms. The first-order chi connectivity index (χ1) is 11.5. The molecule has 2 N–H and O–H groups in total. The second-order valence-corrected chi connectivity index (χ2v) is 5.60. The van der Waals surface area contributed by atoms with Gasteiger partial charge in [-0.25, -0.2) is 4.79 Å². The van der Waals surface area contributed by atoms with Crippen molar-refractivity contribution in [1.29, 1.82) is 5.26 Å². The van der Waals surface area contributed by atoms with E-state index in [1.165, 1.54) is 17.9 Å². The maximum Gasteiger partial charge on any atom is 0.357 e. The van der Waals surface area contributed by atoms with Gasteiger partial charge >= 0.3 is 5.97 Å². The molecule has 2 heterocycles. The number of carbonyl (C=O) groups is 2. The van der Waals surface area contributed by atoms with Crippen LogP contribution in [-0.4, -0.2) is 42.0 Å². The quantitative estimate of drug-likeness (QED) is 0.840.